The predicted molar refractivity (Wildman–Crippen MR) is 106 cm³/mol. The van der Waals surface area contributed by atoms with E-state index in [-0.39, 0.29) is 36.8 Å². The van der Waals surface area contributed by atoms with Crippen molar-refractivity contribution in [1.82, 2.24) is 9.80 Å². The molecule has 1 amide bonds. The first-order chi connectivity index (χ1) is 13.5. The number of likely N-dealkylation sites (tertiary alicyclic amines) is 1. The van der Waals surface area contributed by atoms with Gasteiger partial charge in [0.1, 0.15) is 18.2 Å². The smallest absolute Gasteiger partial charge is 0.254 e. The number of aliphatic hydroxyl groups is 1. The topological polar surface area (TPSA) is 53.0 Å². The van der Waals surface area contributed by atoms with Gasteiger partial charge < -0.3 is 19.6 Å². The van der Waals surface area contributed by atoms with E-state index < -0.39 is 0 Å². The standard InChI is InChI=1S/C22H27FN2O3/c1-24(2)11-18-12-25(13-19(18)14-26)22(27)17-6-4-8-21(10-17)28-15-16-5-3-7-20(23)9-16/h3-10,18-19,26H,11-15H2,1-2H3/t18-,19-/m1/s1. The van der Waals surface area contributed by atoms with Crippen molar-refractivity contribution >= 4 is 5.91 Å². The molecular formula is C22H27FN2O3. The number of nitrogens with zero attached hydrogens (tertiary/aromatic N) is 2. The van der Waals surface area contributed by atoms with Crippen LogP contribution in [0, 0.1) is 17.7 Å². The molecule has 1 fully saturated rings. The Morgan fingerprint density at radius 1 is 1.18 bits per heavy atom. The molecule has 0 aromatic heterocycles. The summed E-state index contributed by atoms with van der Waals surface area (Å²) in [5.74, 6) is 0.564. The fourth-order valence-electron chi connectivity index (χ4n) is 3.68. The van der Waals surface area contributed by atoms with Gasteiger partial charge in [-0.25, -0.2) is 4.39 Å². The first-order valence-electron chi connectivity index (χ1n) is 9.48. The zero-order valence-electron chi connectivity index (χ0n) is 16.3. The second kappa shape index (κ2) is 9.17. The van der Waals surface area contributed by atoms with Crippen molar-refractivity contribution in [2.75, 3.05) is 40.3 Å². The van der Waals surface area contributed by atoms with Crippen LogP contribution in [-0.4, -0.2) is 61.2 Å². The summed E-state index contributed by atoms with van der Waals surface area (Å²) >= 11 is 0. The van der Waals surface area contributed by atoms with Crippen LogP contribution in [0.25, 0.3) is 0 Å². The molecule has 0 unspecified atom stereocenters. The predicted octanol–water partition coefficient (Wildman–Crippen LogP) is 2.65. The molecule has 0 spiro atoms. The van der Waals surface area contributed by atoms with E-state index in [0.717, 1.165) is 12.1 Å². The Hall–Kier alpha value is -2.44. The first kappa shape index (κ1) is 20.3. The Kier molecular flexibility index (Phi) is 6.65. The molecule has 1 heterocycles. The lowest BCUT2D eigenvalue weighted by Gasteiger charge is -2.20. The lowest BCUT2D eigenvalue weighted by molar-refractivity contribution is 0.0779. The maximum absolute atomic E-state index is 13.3. The SMILES string of the molecule is CN(C)C[C@@H]1CN(C(=O)c2cccc(OCc3cccc(F)c3)c2)C[C@@H]1CO. The molecule has 1 aliphatic heterocycles. The van der Waals surface area contributed by atoms with Gasteiger partial charge in [0.05, 0.1) is 0 Å². The normalized spacial score (nSPS) is 19.2. The number of hydrogen-bond donors (Lipinski definition) is 1. The third-order valence-corrected chi connectivity index (χ3v) is 5.07. The molecular weight excluding hydrogens is 359 g/mol. The summed E-state index contributed by atoms with van der Waals surface area (Å²) in [6, 6.07) is 13.3. The van der Waals surface area contributed by atoms with E-state index in [9.17, 15) is 14.3 Å². The summed E-state index contributed by atoms with van der Waals surface area (Å²) in [4.78, 5) is 16.8. The summed E-state index contributed by atoms with van der Waals surface area (Å²) < 4.78 is 19.0. The maximum atomic E-state index is 13.3. The second-order valence-electron chi connectivity index (χ2n) is 7.62. The fourth-order valence-corrected chi connectivity index (χ4v) is 3.68. The van der Waals surface area contributed by atoms with Crippen LogP contribution < -0.4 is 4.74 Å². The van der Waals surface area contributed by atoms with Crippen molar-refractivity contribution in [2.24, 2.45) is 11.8 Å². The lowest BCUT2D eigenvalue weighted by atomic mass is 9.97. The van der Waals surface area contributed by atoms with Gasteiger partial charge in [0, 0.05) is 37.7 Å². The van der Waals surface area contributed by atoms with Gasteiger partial charge in [-0.3, -0.25) is 4.79 Å². The minimum atomic E-state index is -0.301. The molecule has 6 heteroatoms. The average Bonchev–Trinajstić information content (AvgIpc) is 3.08. The molecule has 28 heavy (non-hydrogen) atoms. The van der Waals surface area contributed by atoms with Gasteiger partial charge in [-0.1, -0.05) is 18.2 Å². The van der Waals surface area contributed by atoms with Gasteiger partial charge in [0.15, 0.2) is 0 Å². The highest BCUT2D eigenvalue weighted by Gasteiger charge is 2.35. The number of rotatable bonds is 7. The van der Waals surface area contributed by atoms with E-state index in [4.69, 9.17) is 4.74 Å². The summed E-state index contributed by atoms with van der Waals surface area (Å²) in [6.45, 7) is 2.35. The van der Waals surface area contributed by atoms with E-state index in [1.54, 1.807) is 41.3 Å². The molecule has 0 aliphatic carbocycles. The highest BCUT2D eigenvalue weighted by Crippen LogP contribution is 2.26. The zero-order valence-corrected chi connectivity index (χ0v) is 16.3. The second-order valence-corrected chi connectivity index (χ2v) is 7.62. The van der Waals surface area contributed by atoms with Gasteiger partial charge in [-0.05, 0) is 55.9 Å². The van der Waals surface area contributed by atoms with Crippen LogP contribution >= 0.6 is 0 Å². The van der Waals surface area contributed by atoms with Gasteiger partial charge in [-0.15, -0.1) is 0 Å². The molecule has 1 aliphatic rings. The van der Waals surface area contributed by atoms with Crippen LogP contribution in [0.4, 0.5) is 4.39 Å². The van der Waals surface area contributed by atoms with Gasteiger partial charge >= 0.3 is 0 Å². The van der Waals surface area contributed by atoms with E-state index >= 15 is 0 Å². The number of carbonyl (C=O) groups is 1. The molecule has 0 bridgehead atoms. The third kappa shape index (κ3) is 5.09. The molecule has 1 saturated heterocycles. The number of amides is 1. The fraction of sp³-hybridized carbons (Fsp3) is 0.409. The van der Waals surface area contributed by atoms with Crippen LogP contribution in [0.1, 0.15) is 15.9 Å². The Bertz CT molecular complexity index is 812. The Balaban J connectivity index is 1.65. The quantitative estimate of drug-likeness (QED) is 0.795. The number of hydrogen-bond acceptors (Lipinski definition) is 4. The monoisotopic (exact) mass is 386 g/mol. The molecule has 150 valence electrons. The Morgan fingerprint density at radius 2 is 1.93 bits per heavy atom. The van der Waals surface area contributed by atoms with E-state index in [0.29, 0.717) is 24.4 Å². The van der Waals surface area contributed by atoms with Crippen LogP contribution in [-0.2, 0) is 6.61 Å². The number of ether oxygens (including phenoxy) is 1. The third-order valence-electron chi connectivity index (χ3n) is 5.07. The van der Waals surface area contributed by atoms with Gasteiger partial charge in [-0.2, -0.15) is 0 Å². The molecule has 2 aromatic rings. The summed E-state index contributed by atoms with van der Waals surface area (Å²) in [5, 5.41) is 9.66. The molecule has 2 aromatic carbocycles. The van der Waals surface area contributed by atoms with Gasteiger partial charge in [0.2, 0.25) is 0 Å². The van der Waals surface area contributed by atoms with Crippen molar-refractivity contribution in [1.29, 1.82) is 0 Å². The minimum Gasteiger partial charge on any atom is -0.489 e. The van der Waals surface area contributed by atoms with Crippen molar-refractivity contribution in [2.45, 2.75) is 6.61 Å². The first-order valence-corrected chi connectivity index (χ1v) is 9.48. The molecule has 0 saturated carbocycles. The minimum absolute atomic E-state index is 0.0593. The molecule has 2 atom stereocenters. The van der Waals surface area contributed by atoms with E-state index in [2.05, 4.69) is 4.90 Å². The number of benzene rings is 2. The van der Waals surface area contributed by atoms with Crippen LogP contribution in [0.15, 0.2) is 48.5 Å². The van der Waals surface area contributed by atoms with Gasteiger partial charge in [0.25, 0.3) is 5.91 Å². The molecule has 0 radical (unpaired) electrons. The van der Waals surface area contributed by atoms with E-state index in [1.165, 1.54) is 12.1 Å². The van der Waals surface area contributed by atoms with Crippen LogP contribution in [0.2, 0.25) is 0 Å². The molecule has 1 N–H and O–H groups in total. The Labute approximate surface area is 165 Å². The van der Waals surface area contributed by atoms with Crippen LogP contribution in [0.3, 0.4) is 0 Å². The summed E-state index contributed by atoms with van der Waals surface area (Å²) in [6.07, 6.45) is 0. The molecule has 3 rings (SSSR count). The average molecular weight is 386 g/mol. The van der Waals surface area contributed by atoms with E-state index in [1.807, 2.05) is 14.1 Å². The summed E-state index contributed by atoms with van der Waals surface area (Å²) in [5.41, 5.74) is 1.28. The molecule has 5 nitrogen and oxygen atoms in total. The number of carbonyl (C=O) groups excluding carboxylic acids is 1. The van der Waals surface area contributed by atoms with Crippen LogP contribution in [0.5, 0.6) is 5.75 Å². The number of halogens is 1. The highest BCUT2D eigenvalue weighted by molar-refractivity contribution is 5.94. The van der Waals surface area contributed by atoms with Crippen molar-refractivity contribution < 1.29 is 19.0 Å². The lowest BCUT2D eigenvalue weighted by Crippen LogP contribution is -2.30. The van der Waals surface area contributed by atoms with Crippen molar-refractivity contribution in [3.63, 3.8) is 0 Å². The largest absolute Gasteiger partial charge is 0.489 e. The summed E-state index contributed by atoms with van der Waals surface area (Å²) in [7, 11) is 4.00. The van der Waals surface area contributed by atoms with Crippen molar-refractivity contribution in [3.8, 4) is 5.75 Å². The Morgan fingerprint density at radius 3 is 2.64 bits per heavy atom. The highest BCUT2D eigenvalue weighted by atomic mass is 19.1. The number of aliphatic hydroxyl groups excluding tert-OH is 1. The zero-order chi connectivity index (χ0) is 20.1. The van der Waals surface area contributed by atoms with Crippen molar-refractivity contribution in [3.05, 3.63) is 65.5 Å². The maximum Gasteiger partial charge on any atom is 0.254 e.